The smallest absolute Gasteiger partial charge is 0.306 e. The SMILES string of the molecule is COC(=O)CC(CC(=O)OC)P1(=O)Oc2ccccc2-c2ccccc21. The predicted octanol–water partition coefficient (Wildman–Crippen LogP) is 3.14. The molecule has 0 amide bonds. The number of ether oxygens (including phenoxy) is 2. The zero-order valence-corrected chi connectivity index (χ0v) is 15.4. The van der Waals surface area contributed by atoms with Crippen molar-refractivity contribution in [2.45, 2.75) is 18.5 Å². The van der Waals surface area contributed by atoms with Crippen LogP contribution in [0.4, 0.5) is 0 Å². The van der Waals surface area contributed by atoms with Crippen LogP contribution in [-0.4, -0.2) is 31.8 Å². The summed E-state index contributed by atoms with van der Waals surface area (Å²) in [5, 5.41) is 0.497. The summed E-state index contributed by atoms with van der Waals surface area (Å²) < 4.78 is 29.4. The van der Waals surface area contributed by atoms with Gasteiger partial charge in [0.25, 0.3) is 7.37 Å². The minimum atomic E-state index is -3.58. The second-order valence-corrected chi connectivity index (χ2v) is 8.50. The lowest BCUT2D eigenvalue weighted by molar-refractivity contribution is -0.142. The van der Waals surface area contributed by atoms with Crippen LogP contribution in [0.1, 0.15) is 12.8 Å². The van der Waals surface area contributed by atoms with Gasteiger partial charge in [0.2, 0.25) is 0 Å². The molecule has 1 aliphatic rings. The first kappa shape index (κ1) is 18.2. The summed E-state index contributed by atoms with van der Waals surface area (Å²) in [7, 11) is -1.08. The molecule has 0 aromatic heterocycles. The van der Waals surface area contributed by atoms with Crippen molar-refractivity contribution in [3.8, 4) is 16.9 Å². The van der Waals surface area contributed by atoms with E-state index in [9.17, 15) is 14.2 Å². The first-order valence-corrected chi connectivity index (χ1v) is 9.81. The number of hydrogen-bond donors (Lipinski definition) is 0. The molecule has 0 N–H and O–H groups in total. The fraction of sp³-hybridized carbons (Fsp3) is 0.263. The third kappa shape index (κ3) is 3.25. The molecule has 6 nitrogen and oxygen atoms in total. The Morgan fingerprint density at radius 1 is 0.923 bits per heavy atom. The van der Waals surface area contributed by atoms with Gasteiger partial charge in [-0.2, -0.15) is 0 Å². The highest BCUT2D eigenvalue weighted by Crippen LogP contribution is 2.59. The van der Waals surface area contributed by atoms with E-state index in [-0.39, 0.29) is 12.8 Å². The molecule has 1 heterocycles. The van der Waals surface area contributed by atoms with Crippen LogP contribution in [-0.2, 0) is 23.6 Å². The molecular weight excluding hydrogens is 355 g/mol. The van der Waals surface area contributed by atoms with Crippen molar-refractivity contribution in [2.24, 2.45) is 0 Å². The average Bonchev–Trinajstić information content (AvgIpc) is 2.67. The molecule has 0 radical (unpaired) electrons. The summed E-state index contributed by atoms with van der Waals surface area (Å²) in [5.41, 5.74) is 0.721. The Morgan fingerprint density at radius 3 is 2.08 bits per heavy atom. The van der Waals surface area contributed by atoms with Crippen LogP contribution in [0.2, 0.25) is 0 Å². The van der Waals surface area contributed by atoms with Gasteiger partial charge in [-0.15, -0.1) is 0 Å². The number of hydrogen-bond acceptors (Lipinski definition) is 6. The van der Waals surface area contributed by atoms with Gasteiger partial charge in [-0.3, -0.25) is 14.2 Å². The molecule has 0 bridgehead atoms. The second-order valence-electron chi connectivity index (χ2n) is 5.92. The lowest BCUT2D eigenvalue weighted by atomic mass is 10.0. The number of methoxy groups -OCH3 is 2. The summed E-state index contributed by atoms with van der Waals surface area (Å²) >= 11 is 0. The molecule has 1 aliphatic heterocycles. The standard InChI is InChI=1S/C19H19O6P/c1-23-18(20)11-13(12-19(21)24-2)26(22)17-10-6-4-8-15(17)14-7-3-5-9-16(14)25-26/h3-10,13H,11-12H2,1-2H3. The lowest BCUT2D eigenvalue weighted by Crippen LogP contribution is -2.30. The second kappa shape index (κ2) is 7.34. The van der Waals surface area contributed by atoms with Crippen LogP contribution in [0.15, 0.2) is 48.5 Å². The molecule has 2 aromatic rings. The molecule has 136 valence electrons. The fourth-order valence-corrected chi connectivity index (χ4v) is 5.77. The Morgan fingerprint density at radius 2 is 1.46 bits per heavy atom. The molecular formula is C19H19O6P. The van der Waals surface area contributed by atoms with Gasteiger partial charge in [-0.25, -0.2) is 0 Å². The van der Waals surface area contributed by atoms with Gasteiger partial charge < -0.3 is 14.0 Å². The molecule has 0 fully saturated rings. The molecule has 0 aliphatic carbocycles. The Hall–Kier alpha value is -2.59. The minimum Gasteiger partial charge on any atom is -0.469 e. The van der Waals surface area contributed by atoms with Gasteiger partial charge in [-0.1, -0.05) is 36.4 Å². The quantitative estimate of drug-likeness (QED) is 0.591. The van der Waals surface area contributed by atoms with E-state index >= 15 is 0 Å². The Bertz CT molecular complexity index is 873. The third-order valence-electron chi connectivity index (χ3n) is 4.39. The van der Waals surface area contributed by atoms with Crippen LogP contribution in [0.5, 0.6) is 5.75 Å². The normalized spacial score (nSPS) is 17.7. The monoisotopic (exact) mass is 374 g/mol. The number of carbonyl (C=O) groups is 2. The molecule has 7 heteroatoms. The topological polar surface area (TPSA) is 78.9 Å². The predicted molar refractivity (Wildman–Crippen MR) is 96.8 cm³/mol. The van der Waals surface area contributed by atoms with Gasteiger partial charge in [0.15, 0.2) is 0 Å². The van der Waals surface area contributed by atoms with E-state index in [0.29, 0.717) is 11.1 Å². The van der Waals surface area contributed by atoms with Gasteiger partial charge in [-0.05, 0) is 17.7 Å². The Balaban J connectivity index is 2.12. The molecule has 2 aromatic carbocycles. The van der Waals surface area contributed by atoms with Gasteiger partial charge in [0.1, 0.15) is 5.75 Å². The van der Waals surface area contributed by atoms with Crippen molar-refractivity contribution in [1.29, 1.82) is 0 Å². The van der Waals surface area contributed by atoms with Gasteiger partial charge in [0, 0.05) is 5.56 Å². The van der Waals surface area contributed by atoms with Crippen molar-refractivity contribution < 1.29 is 28.2 Å². The van der Waals surface area contributed by atoms with Crippen LogP contribution in [0.3, 0.4) is 0 Å². The maximum atomic E-state index is 14.0. The average molecular weight is 374 g/mol. The highest BCUT2D eigenvalue weighted by atomic mass is 31.2. The van der Waals surface area contributed by atoms with Crippen molar-refractivity contribution in [3.63, 3.8) is 0 Å². The fourth-order valence-electron chi connectivity index (χ4n) is 3.07. The number of benzene rings is 2. The van der Waals surface area contributed by atoms with Crippen molar-refractivity contribution in [1.82, 2.24) is 0 Å². The minimum absolute atomic E-state index is 0.209. The third-order valence-corrected chi connectivity index (χ3v) is 7.25. The Kier molecular flexibility index (Phi) is 5.14. The zero-order valence-electron chi connectivity index (χ0n) is 14.5. The molecule has 1 unspecified atom stereocenters. The van der Waals surface area contributed by atoms with Crippen molar-refractivity contribution >= 4 is 24.6 Å². The molecule has 1 atom stereocenters. The van der Waals surface area contributed by atoms with Crippen LogP contribution >= 0.6 is 7.37 Å². The summed E-state index contributed by atoms with van der Waals surface area (Å²) in [6.07, 6.45) is -0.418. The van der Waals surface area contributed by atoms with Crippen molar-refractivity contribution in [3.05, 3.63) is 48.5 Å². The maximum Gasteiger partial charge on any atom is 0.306 e. The number of fused-ring (bicyclic) bond motifs is 3. The summed E-state index contributed by atoms with van der Waals surface area (Å²) in [4.78, 5) is 23.8. The van der Waals surface area contributed by atoms with Gasteiger partial charge in [0.05, 0.1) is 38.0 Å². The van der Waals surface area contributed by atoms with Crippen molar-refractivity contribution in [2.75, 3.05) is 14.2 Å². The first-order chi connectivity index (χ1) is 12.5. The van der Waals surface area contributed by atoms with Crippen LogP contribution in [0, 0.1) is 0 Å². The van der Waals surface area contributed by atoms with Gasteiger partial charge >= 0.3 is 11.9 Å². The number of para-hydroxylation sites is 1. The summed E-state index contributed by atoms with van der Waals surface area (Å²) in [6.45, 7) is 0. The van der Waals surface area contributed by atoms with E-state index in [0.717, 1.165) is 11.1 Å². The van der Waals surface area contributed by atoms with E-state index in [1.807, 2.05) is 24.3 Å². The van der Waals surface area contributed by atoms with E-state index in [4.69, 9.17) is 14.0 Å². The van der Waals surface area contributed by atoms with E-state index in [1.165, 1.54) is 14.2 Å². The molecule has 0 saturated carbocycles. The highest BCUT2D eigenvalue weighted by molar-refractivity contribution is 7.68. The first-order valence-electron chi connectivity index (χ1n) is 8.11. The Labute approximate surface area is 151 Å². The molecule has 26 heavy (non-hydrogen) atoms. The number of carbonyl (C=O) groups excluding carboxylic acids is 2. The van der Waals surface area contributed by atoms with E-state index in [1.54, 1.807) is 24.3 Å². The van der Waals surface area contributed by atoms with Crippen LogP contribution in [0.25, 0.3) is 11.1 Å². The maximum absolute atomic E-state index is 14.0. The van der Waals surface area contributed by atoms with E-state index < -0.39 is 25.0 Å². The highest BCUT2D eigenvalue weighted by Gasteiger charge is 2.45. The number of rotatable bonds is 5. The summed E-state index contributed by atoms with van der Waals surface area (Å²) in [5.74, 6) is -0.655. The molecule has 0 saturated heterocycles. The van der Waals surface area contributed by atoms with Crippen LogP contribution < -0.4 is 9.83 Å². The summed E-state index contributed by atoms with van der Waals surface area (Å²) in [6, 6.07) is 14.4. The zero-order chi connectivity index (χ0) is 18.7. The lowest BCUT2D eigenvalue weighted by Gasteiger charge is -2.33. The largest absolute Gasteiger partial charge is 0.469 e. The molecule has 3 rings (SSSR count). The molecule has 0 spiro atoms. The number of esters is 2. The van der Waals surface area contributed by atoms with E-state index in [2.05, 4.69) is 0 Å².